The first-order chi connectivity index (χ1) is 9.69. The number of piperidine rings is 1. The highest BCUT2D eigenvalue weighted by Gasteiger charge is 2.21. The SMILES string of the molecule is CSc1nc(N2CCCCC2)c2cc([N+](=O)[O-])sc2n1. The monoisotopic (exact) mass is 310 g/mol. The van der Waals surface area contributed by atoms with Crippen LogP contribution in [0.1, 0.15) is 19.3 Å². The van der Waals surface area contributed by atoms with Gasteiger partial charge in [-0.3, -0.25) is 10.1 Å². The average molecular weight is 310 g/mol. The van der Waals surface area contributed by atoms with E-state index < -0.39 is 0 Å². The molecular formula is C12H14N4O2S2. The molecule has 0 saturated carbocycles. The molecule has 8 heteroatoms. The number of hydrogen-bond donors (Lipinski definition) is 0. The van der Waals surface area contributed by atoms with Crippen LogP contribution in [0.5, 0.6) is 0 Å². The lowest BCUT2D eigenvalue weighted by atomic mass is 10.1. The minimum Gasteiger partial charge on any atom is -0.356 e. The fourth-order valence-corrected chi connectivity index (χ4v) is 3.66. The van der Waals surface area contributed by atoms with Crippen molar-refractivity contribution in [1.29, 1.82) is 0 Å². The molecule has 0 aliphatic carbocycles. The van der Waals surface area contributed by atoms with E-state index in [1.54, 1.807) is 6.07 Å². The van der Waals surface area contributed by atoms with Gasteiger partial charge in [0.05, 0.1) is 10.3 Å². The Labute approximate surface area is 124 Å². The number of rotatable bonds is 3. The van der Waals surface area contributed by atoms with Gasteiger partial charge in [-0.2, -0.15) is 0 Å². The predicted molar refractivity (Wildman–Crippen MR) is 81.9 cm³/mol. The highest BCUT2D eigenvalue weighted by atomic mass is 32.2. The van der Waals surface area contributed by atoms with Gasteiger partial charge in [-0.25, -0.2) is 9.97 Å². The first kappa shape index (κ1) is 13.6. The van der Waals surface area contributed by atoms with Crippen molar-refractivity contribution in [1.82, 2.24) is 9.97 Å². The molecule has 2 aromatic rings. The molecule has 0 aromatic carbocycles. The summed E-state index contributed by atoms with van der Waals surface area (Å²) >= 11 is 2.59. The van der Waals surface area contributed by atoms with Crippen LogP contribution >= 0.6 is 23.1 Å². The minimum atomic E-state index is -0.356. The molecule has 6 nitrogen and oxygen atoms in total. The zero-order valence-corrected chi connectivity index (χ0v) is 12.7. The largest absolute Gasteiger partial charge is 0.356 e. The van der Waals surface area contributed by atoms with Gasteiger partial charge in [0.2, 0.25) is 0 Å². The van der Waals surface area contributed by atoms with Gasteiger partial charge in [0.25, 0.3) is 0 Å². The van der Waals surface area contributed by atoms with Crippen LogP contribution in [0.2, 0.25) is 0 Å². The molecule has 3 rings (SSSR count). The summed E-state index contributed by atoms with van der Waals surface area (Å²) < 4.78 is 0. The summed E-state index contributed by atoms with van der Waals surface area (Å²) in [5, 5.41) is 12.6. The van der Waals surface area contributed by atoms with Crippen LogP contribution in [0.25, 0.3) is 10.2 Å². The summed E-state index contributed by atoms with van der Waals surface area (Å²) in [5.41, 5.74) is 0. The summed E-state index contributed by atoms with van der Waals surface area (Å²) in [4.78, 5) is 22.5. The number of thiophene rings is 1. The summed E-state index contributed by atoms with van der Waals surface area (Å²) in [7, 11) is 0. The number of aromatic nitrogens is 2. The molecule has 1 aliphatic heterocycles. The lowest BCUT2D eigenvalue weighted by molar-refractivity contribution is -0.380. The van der Waals surface area contributed by atoms with Crippen LogP contribution in [-0.4, -0.2) is 34.2 Å². The number of anilines is 1. The molecule has 0 unspecified atom stereocenters. The van der Waals surface area contributed by atoms with Crippen LogP contribution in [-0.2, 0) is 0 Å². The molecule has 0 amide bonds. The third-order valence-corrected chi connectivity index (χ3v) is 4.89. The first-order valence-corrected chi connectivity index (χ1v) is 8.48. The van der Waals surface area contributed by atoms with Gasteiger partial charge in [0.1, 0.15) is 10.6 Å². The van der Waals surface area contributed by atoms with Crippen molar-refractivity contribution in [3.05, 3.63) is 16.2 Å². The topological polar surface area (TPSA) is 72.2 Å². The van der Waals surface area contributed by atoms with E-state index in [4.69, 9.17) is 0 Å². The molecule has 0 atom stereocenters. The van der Waals surface area contributed by atoms with E-state index in [1.807, 2.05) is 6.26 Å². The van der Waals surface area contributed by atoms with Crippen molar-refractivity contribution in [2.24, 2.45) is 0 Å². The highest BCUT2D eigenvalue weighted by molar-refractivity contribution is 7.98. The van der Waals surface area contributed by atoms with Crippen LogP contribution in [0.4, 0.5) is 10.8 Å². The van der Waals surface area contributed by atoms with E-state index in [0.29, 0.717) is 9.99 Å². The number of hydrogen-bond acceptors (Lipinski definition) is 7. The van der Waals surface area contributed by atoms with E-state index in [1.165, 1.54) is 18.2 Å². The molecule has 2 aromatic heterocycles. The molecule has 1 fully saturated rings. The maximum Gasteiger partial charge on any atom is 0.326 e. The van der Waals surface area contributed by atoms with Gasteiger partial charge >= 0.3 is 5.00 Å². The fraction of sp³-hybridized carbons (Fsp3) is 0.500. The smallest absolute Gasteiger partial charge is 0.326 e. The molecule has 0 N–H and O–H groups in total. The van der Waals surface area contributed by atoms with Crippen molar-refractivity contribution in [2.75, 3.05) is 24.2 Å². The number of nitrogens with zero attached hydrogens (tertiary/aromatic N) is 4. The number of thioether (sulfide) groups is 1. The quantitative estimate of drug-likeness (QED) is 0.375. The predicted octanol–water partition coefficient (Wildman–Crippen LogP) is 3.31. The molecule has 106 valence electrons. The zero-order chi connectivity index (χ0) is 14.1. The lowest BCUT2D eigenvalue weighted by Crippen LogP contribution is -2.30. The fourth-order valence-electron chi connectivity index (χ4n) is 2.40. The van der Waals surface area contributed by atoms with Gasteiger partial charge in [0.15, 0.2) is 5.16 Å². The molecule has 20 heavy (non-hydrogen) atoms. The van der Waals surface area contributed by atoms with E-state index >= 15 is 0 Å². The Morgan fingerprint density at radius 1 is 1.35 bits per heavy atom. The van der Waals surface area contributed by atoms with E-state index in [0.717, 1.165) is 48.5 Å². The van der Waals surface area contributed by atoms with Crippen molar-refractivity contribution in [3.8, 4) is 0 Å². The highest BCUT2D eigenvalue weighted by Crippen LogP contribution is 2.36. The van der Waals surface area contributed by atoms with Crippen LogP contribution in [0, 0.1) is 10.1 Å². The van der Waals surface area contributed by atoms with Gasteiger partial charge < -0.3 is 4.90 Å². The van der Waals surface area contributed by atoms with Crippen LogP contribution in [0.15, 0.2) is 11.2 Å². The maximum atomic E-state index is 11.0. The molecule has 3 heterocycles. The second-order valence-electron chi connectivity index (χ2n) is 4.64. The van der Waals surface area contributed by atoms with Crippen LogP contribution in [0.3, 0.4) is 0 Å². The average Bonchev–Trinajstić information content (AvgIpc) is 2.91. The Balaban J connectivity index is 2.14. The zero-order valence-electron chi connectivity index (χ0n) is 11.0. The van der Waals surface area contributed by atoms with Crippen molar-refractivity contribution in [2.45, 2.75) is 24.4 Å². The Morgan fingerprint density at radius 3 is 2.75 bits per heavy atom. The van der Waals surface area contributed by atoms with Gasteiger partial charge in [-0.05, 0) is 36.9 Å². The summed E-state index contributed by atoms with van der Waals surface area (Å²) in [6, 6.07) is 1.61. The maximum absolute atomic E-state index is 11.0. The standard InChI is InChI=1S/C12H14N4O2S2/c1-19-12-13-10(15-5-3-2-4-6-15)8-7-9(16(17)18)20-11(8)14-12/h7H,2-6H2,1H3. The Hall–Kier alpha value is -1.41. The lowest BCUT2D eigenvalue weighted by Gasteiger charge is -2.28. The van der Waals surface area contributed by atoms with Gasteiger partial charge in [-0.1, -0.05) is 11.8 Å². The van der Waals surface area contributed by atoms with Crippen LogP contribution < -0.4 is 4.90 Å². The third kappa shape index (κ3) is 2.45. The molecular weight excluding hydrogens is 296 g/mol. The normalized spacial score (nSPS) is 15.8. The third-order valence-electron chi connectivity index (χ3n) is 3.36. The number of fused-ring (bicyclic) bond motifs is 1. The second kappa shape index (κ2) is 5.53. The summed E-state index contributed by atoms with van der Waals surface area (Å²) in [6.07, 6.45) is 5.45. The van der Waals surface area contributed by atoms with E-state index in [-0.39, 0.29) is 9.92 Å². The Bertz CT molecular complexity index is 652. The van der Waals surface area contributed by atoms with Crippen molar-refractivity contribution < 1.29 is 4.92 Å². The van der Waals surface area contributed by atoms with Crippen molar-refractivity contribution >= 4 is 44.1 Å². The molecule has 1 aliphatic rings. The molecule has 0 spiro atoms. The molecule has 1 saturated heterocycles. The first-order valence-electron chi connectivity index (χ1n) is 6.44. The van der Waals surface area contributed by atoms with Gasteiger partial charge in [-0.15, -0.1) is 0 Å². The van der Waals surface area contributed by atoms with Gasteiger partial charge in [0, 0.05) is 19.2 Å². The molecule has 0 bridgehead atoms. The summed E-state index contributed by atoms with van der Waals surface area (Å²) in [5.74, 6) is 0.850. The number of nitro groups is 1. The van der Waals surface area contributed by atoms with E-state index in [9.17, 15) is 10.1 Å². The second-order valence-corrected chi connectivity index (χ2v) is 6.42. The summed E-state index contributed by atoms with van der Waals surface area (Å²) in [6.45, 7) is 1.92. The Morgan fingerprint density at radius 2 is 2.10 bits per heavy atom. The minimum absolute atomic E-state index is 0.130. The molecule has 0 radical (unpaired) electrons. The van der Waals surface area contributed by atoms with E-state index in [2.05, 4.69) is 14.9 Å². The van der Waals surface area contributed by atoms with Crippen molar-refractivity contribution in [3.63, 3.8) is 0 Å². The Kier molecular flexibility index (Phi) is 3.75.